The molecular formula is C41H81NO3. The summed E-state index contributed by atoms with van der Waals surface area (Å²) in [7, 11) is 0. The number of aliphatic hydroxyl groups excluding tert-OH is 2. The molecule has 0 aliphatic rings. The standard InChI is InChI=1S/C41H81NO3/c1-3-5-7-9-11-13-14-15-16-17-18-19-20-21-22-23-24-25-26-27-29-31-33-35-37-41(45)42-39(38-43)40(44)36-34-32-30-28-12-10-8-6-4-2/h21-22,39-40,43-44H,3-20,23-38H2,1-2H3,(H,42,45)/b22-21-. The van der Waals surface area contributed by atoms with E-state index in [1.807, 2.05) is 0 Å². The zero-order chi connectivity index (χ0) is 32.9. The molecule has 0 radical (unpaired) electrons. The first kappa shape index (κ1) is 44.1. The summed E-state index contributed by atoms with van der Waals surface area (Å²) in [5, 5.41) is 23.0. The zero-order valence-electron chi connectivity index (χ0n) is 30.7. The number of aliphatic hydroxyl groups is 2. The fraction of sp³-hybridized carbons (Fsp3) is 0.927. The van der Waals surface area contributed by atoms with Crippen molar-refractivity contribution in [3.05, 3.63) is 12.2 Å². The number of rotatable bonds is 37. The van der Waals surface area contributed by atoms with Crippen LogP contribution in [0.1, 0.15) is 226 Å². The van der Waals surface area contributed by atoms with Gasteiger partial charge in [0.2, 0.25) is 5.91 Å². The van der Waals surface area contributed by atoms with Gasteiger partial charge in [-0.3, -0.25) is 4.79 Å². The lowest BCUT2D eigenvalue weighted by Gasteiger charge is -2.22. The molecule has 0 spiro atoms. The minimum atomic E-state index is -0.654. The van der Waals surface area contributed by atoms with Gasteiger partial charge in [-0.2, -0.15) is 0 Å². The quantitative estimate of drug-likeness (QED) is 0.0470. The second kappa shape index (κ2) is 37.6. The van der Waals surface area contributed by atoms with Gasteiger partial charge >= 0.3 is 0 Å². The normalized spacial score (nSPS) is 13.1. The number of nitrogens with one attached hydrogen (secondary N) is 1. The number of carbonyl (C=O) groups is 1. The van der Waals surface area contributed by atoms with Gasteiger partial charge in [0.05, 0.1) is 18.8 Å². The maximum Gasteiger partial charge on any atom is 0.220 e. The largest absolute Gasteiger partial charge is 0.394 e. The monoisotopic (exact) mass is 636 g/mol. The van der Waals surface area contributed by atoms with Crippen molar-refractivity contribution >= 4 is 5.91 Å². The fourth-order valence-electron chi connectivity index (χ4n) is 6.36. The number of hydrogen-bond donors (Lipinski definition) is 3. The number of allylic oxidation sites excluding steroid dienone is 2. The van der Waals surface area contributed by atoms with Crippen LogP contribution in [0.2, 0.25) is 0 Å². The highest BCUT2D eigenvalue weighted by Gasteiger charge is 2.19. The van der Waals surface area contributed by atoms with E-state index in [1.54, 1.807) is 0 Å². The molecule has 0 aromatic carbocycles. The van der Waals surface area contributed by atoms with Gasteiger partial charge in [0.25, 0.3) is 0 Å². The van der Waals surface area contributed by atoms with Crippen LogP contribution in [-0.2, 0) is 4.79 Å². The van der Waals surface area contributed by atoms with E-state index >= 15 is 0 Å². The number of hydrogen-bond acceptors (Lipinski definition) is 3. The van der Waals surface area contributed by atoms with Crippen LogP contribution in [0.5, 0.6) is 0 Å². The molecule has 2 unspecified atom stereocenters. The summed E-state index contributed by atoms with van der Waals surface area (Å²) in [6, 6.07) is -0.532. The van der Waals surface area contributed by atoms with Gasteiger partial charge in [-0.1, -0.05) is 193 Å². The van der Waals surface area contributed by atoms with Gasteiger partial charge in [0.1, 0.15) is 0 Å². The molecule has 268 valence electrons. The average molecular weight is 636 g/mol. The van der Waals surface area contributed by atoms with E-state index in [0.717, 1.165) is 25.7 Å². The zero-order valence-corrected chi connectivity index (χ0v) is 30.7. The molecule has 1 amide bonds. The van der Waals surface area contributed by atoms with E-state index in [1.165, 1.54) is 173 Å². The smallest absolute Gasteiger partial charge is 0.220 e. The summed E-state index contributed by atoms with van der Waals surface area (Å²) in [6.45, 7) is 4.34. The average Bonchev–Trinajstić information content (AvgIpc) is 3.04. The fourth-order valence-corrected chi connectivity index (χ4v) is 6.36. The van der Waals surface area contributed by atoms with Crippen LogP contribution in [-0.4, -0.2) is 34.9 Å². The van der Waals surface area contributed by atoms with E-state index in [4.69, 9.17) is 0 Å². The maximum absolute atomic E-state index is 12.3. The van der Waals surface area contributed by atoms with Crippen LogP contribution in [0, 0.1) is 0 Å². The molecule has 4 nitrogen and oxygen atoms in total. The topological polar surface area (TPSA) is 69.6 Å². The van der Waals surface area contributed by atoms with Crippen molar-refractivity contribution in [2.24, 2.45) is 0 Å². The van der Waals surface area contributed by atoms with Crippen LogP contribution in [0.15, 0.2) is 12.2 Å². The van der Waals surface area contributed by atoms with Crippen LogP contribution in [0.25, 0.3) is 0 Å². The number of unbranched alkanes of at least 4 members (excludes halogenated alkanes) is 28. The Bertz CT molecular complexity index is 608. The van der Waals surface area contributed by atoms with Crippen molar-refractivity contribution in [2.75, 3.05) is 6.61 Å². The Morgan fingerprint density at radius 2 is 0.844 bits per heavy atom. The summed E-state index contributed by atoms with van der Waals surface area (Å²) in [6.07, 6.45) is 45.8. The van der Waals surface area contributed by atoms with E-state index in [-0.39, 0.29) is 12.5 Å². The third-order valence-corrected chi connectivity index (χ3v) is 9.53. The second-order valence-corrected chi connectivity index (χ2v) is 14.1. The molecule has 0 aliphatic carbocycles. The molecule has 2 atom stereocenters. The van der Waals surface area contributed by atoms with Gasteiger partial charge in [-0.05, 0) is 38.5 Å². The Hall–Kier alpha value is -0.870. The second-order valence-electron chi connectivity index (χ2n) is 14.1. The SMILES string of the molecule is CCCCCCCCCCCCCC/C=C\CCCCCCCCCCC(=O)NC(CO)C(O)CCCCCCCCCCC. The summed E-state index contributed by atoms with van der Waals surface area (Å²) >= 11 is 0. The lowest BCUT2D eigenvalue weighted by molar-refractivity contribution is -0.123. The van der Waals surface area contributed by atoms with Crippen molar-refractivity contribution in [3.63, 3.8) is 0 Å². The van der Waals surface area contributed by atoms with Gasteiger partial charge < -0.3 is 15.5 Å². The molecule has 0 fully saturated rings. The lowest BCUT2D eigenvalue weighted by Crippen LogP contribution is -2.45. The Morgan fingerprint density at radius 1 is 0.511 bits per heavy atom. The van der Waals surface area contributed by atoms with Gasteiger partial charge in [0, 0.05) is 6.42 Å². The van der Waals surface area contributed by atoms with E-state index in [9.17, 15) is 15.0 Å². The van der Waals surface area contributed by atoms with Crippen molar-refractivity contribution < 1.29 is 15.0 Å². The third kappa shape index (κ3) is 34.3. The summed E-state index contributed by atoms with van der Waals surface area (Å²) in [5.41, 5.74) is 0. The molecule has 0 heterocycles. The molecule has 0 aliphatic heterocycles. The highest BCUT2D eigenvalue weighted by molar-refractivity contribution is 5.76. The molecule has 0 saturated heterocycles. The molecule has 3 N–H and O–H groups in total. The molecule has 0 bridgehead atoms. The third-order valence-electron chi connectivity index (χ3n) is 9.53. The molecule has 0 rings (SSSR count). The minimum Gasteiger partial charge on any atom is -0.394 e. The van der Waals surface area contributed by atoms with Crippen molar-refractivity contribution in [3.8, 4) is 0 Å². The van der Waals surface area contributed by atoms with Gasteiger partial charge in [-0.25, -0.2) is 0 Å². The van der Waals surface area contributed by atoms with E-state index in [0.29, 0.717) is 12.8 Å². The lowest BCUT2D eigenvalue weighted by atomic mass is 10.0. The summed E-state index contributed by atoms with van der Waals surface area (Å²) in [5.74, 6) is -0.0352. The van der Waals surface area contributed by atoms with Crippen LogP contribution in [0.3, 0.4) is 0 Å². The van der Waals surface area contributed by atoms with Crippen LogP contribution >= 0.6 is 0 Å². The molecule has 0 aromatic heterocycles. The first-order valence-corrected chi connectivity index (χ1v) is 20.4. The van der Waals surface area contributed by atoms with E-state index in [2.05, 4.69) is 31.3 Å². The first-order valence-electron chi connectivity index (χ1n) is 20.4. The predicted molar refractivity (Wildman–Crippen MR) is 198 cm³/mol. The predicted octanol–water partition coefficient (Wildman–Crippen LogP) is 12.3. The number of amides is 1. The summed E-state index contributed by atoms with van der Waals surface area (Å²) < 4.78 is 0. The molecule has 0 aromatic rings. The highest BCUT2D eigenvalue weighted by Crippen LogP contribution is 2.15. The number of carbonyl (C=O) groups excluding carboxylic acids is 1. The summed E-state index contributed by atoms with van der Waals surface area (Å²) in [4.78, 5) is 12.3. The van der Waals surface area contributed by atoms with Crippen molar-refractivity contribution in [1.82, 2.24) is 5.32 Å². The molecule has 0 saturated carbocycles. The van der Waals surface area contributed by atoms with Gasteiger partial charge in [0.15, 0.2) is 0 Å². The van der Waals surface area contributed by atoms with Gasteiger partial charge in [-0.15, -0.1) is 0 Å². The van der Waals surface area contributed by atoms with Crippen molar-refractivity contribution in [1.29, 1.82) is 0 Å². The van der Waals surface area contributed by atoms with Crippen LogP contribution < -0.4 is 5.32 Å². The molecular weight excluding hydrogens is 554 g/mol. The molecule has 4 heteroatoms. The van der Waals surface area contributed by atoms with Crippen LogP contribution in [0.4, 0.5) is 0 Å². The maximum atomic E-state index is 12.3. The Balaban J connectivity index is 3.46. The Kier molecular flexibility index (Phi) is 36.9. The van der Waals surface area contributed by atoms with E-state index < -0.39 is 12.1 Å². The highest BCUT2D eigenvalue weighted by atomic mass is 16.3. The van der Waals surface area contributed by atoms with Crippen molar-refractivity contribution in [2.45, 2.75) is 238 Å². The minimum absolute atomic E-state index is 0.0352. The first-order chi connectivity index (χ1) is 22.2. The Morgan fingerprint density at radius 3 is 1.22 bits per heavy atom. The molecule has 45 heavy (non-hydrogen) atoms. The Labute approximate surface area is 282 Å².